The molecule has 28 heavy (non-hydrogen) atoms. The maximum Gasteiger partial charge on any atom is 0.146 e. The molecule has 0 aromatic heterocycles. The molecule has 1 heterocycles. The van der Waals surface area contributed by atoms with Gasteiger partial charge in [-0.1, -0.05) is 79.1 Å². The molecule has 2 aromatic rings. The molecule has 5 nitrogen and oxygen atoms in total. The molecule has 3 rings (SSSR count). The van der Waals surface area contributed by atoms with Crippen molar-refractivity contribution in [2.75, 3.05) is 26.2 Å². The van der Waals surface area contributed by atoms with Gasteiger partial charge in [-0.3, -0.25) is 0 Å². The first-order valence-electron chi connectivity index (χ1n) is 9.38. The largest absolute Gasteiger partial charge is 0.303 e. The summed E-state index contributed by atoms with van der Waals surface area (Å²) < 4.78 is 0. The molecular weight excluding hydrogens is 354 g/mol. The van der Waals surface area contributed by atoms with E-state index in [4.69, 9.17) is 5.26 Å². The van der Waals surface area contributed by atoms with Crippen molar-refractivity contribution < 1.29 is 20.2 Å². The number of rotatable bonds is 6. The summed E-state index contributed by atoms with van der Waals surface area (Å²) in [5.74, 6) is 2.06. The lowest BCUT2D eigenvalue weighted by Crippen LogP contribution is -2.30. The number of terminal acetylenes is 1. The normalized spacial score (nSPS) is 14.0. The van der Waals surface area contributed by atoms with Crippen LogP contribution in [-0.2, 0) is 15.0 Å². The summed E-state index contributed by atoms with van der Waals surface area (Å²) in [7, 11) is 0. The first kappa shape index (κ1) is 21.8. The third-order valence-electron chi connectivity index (χ3n) is 4.61. The number of likely N-dealkylation sites (tertiary alicyclic amines) is 1. The molecule has 1 fully saturated rings. The Morgan fingerprint density at radius 2 is 1.54 bits per heavy atom. The summed E-state index contributed by atoms with van der Waals surface area (Å²) in [6.07, 6.45) is 7.05. The Morgan fingerprint density at radius 1 is 1.00 bits per heavy atom. The molecule has 0 aliphatic carbocycles. The number of hydrogen-bond acceptors (Lipinski definition) is 5. The van der Waals surface area contributed by atoms with Crippen molar-refractivity contribution in [2.24, 2.45) is 0 Å². The highest BCUT2D eigenvalue weighted by Gasteiger charge is 2.17. The monoisotopic (exact) mass is 381 g/mol. The number of hydrogen-bond donors (Lipinski definition) is 1. The van der Waals surface area contributed by atoms with E-state index in [1.54, 1.807) is 5.57 Å². The molecule has 0 spiro atoms. The summed E-state index contributed by atoms with van der Waals surface area (Å²) >= 11 is 0. The Hall–Kier alpha value is -2.46. The van der Waals surface area contributed by atoms with Crippen LogP contribution >= 0.6 is 0 Å². The lowest BCUT2D eigenvalue weighted by molar-refractivity contribution is -0.620. The standard InChI is InChI=1S/C20H23N.C3H4O4/c1-2-21-15-13-19(14-16-21)20(17-9-5-3-6-10-17)18-11-7-4-8-12-18;1-2-3-5-7-6-4/h3-12H,2,13-16H2,1H3;1,4H,3H2. The first-order valence-corrected chi connectivity index (χ1v) is 9.38. The van der Waals surface area contributed by atoms with E-state index in [2.05, 4.69) is 99.8 Å². The second kappa shape index (κ2) is 12.8. The van der Waals surface area contributed by atoms with Crippen LogP contribution < -0.4 is 0 Å². The molecule has 0 bridgehead atoms. The molecule has 1 aliphatic heterocycles. The maximum absolute atomic E-state index is 7.38. The number of nitrogens with zero attached hydrogens (tertiary/aromatic N) is 1. The minimum absolute atomic E-state index is 0.0550. The fourth-order valence-electron chi connectivity index (χ4n) is 3.25. The van der Waals surface area contributed by atoms with Crippen molar-refractivity contribution >= 4 is 5.57 Å². The van der Waals surface area contributed by atoms with Crippen molar-refractivity contribution in [2.45, 2.75) is 19.8 Å². The molecule has 0 atom stereocenters. The van der Waals surface area contributed by atoms with E-state index in [-0.39, 0.29) is 6.61 Å². The maximum atomic E-state index is 7.38. The molecular formula is C23H27NO4. The van der Waals surface area contributed by atoms with Crippen LogP contribution in [0.4, 0.5) is 0 Å². The van der Waals surface area contributed by atoms with Gasteiger partial charge < -0.3 is 4.90 Å². The number of benzene rings is 2. The molecule has 0 amide bonds. The summed E-state index contributed by atoms with van der Waals surface area (Å²) in [6, 6.07) is 21.7. The van der Waals surface area contributed by atoms with Gasteiger partial charge in [-0.25, -0.2) is 5.26 Å². The molecule has 0 saturated carbocycles. The Bertz CT molecular complexity index is 702. The zero-order chi connectivity index (χ0) is 20.0. The Morgan fingerprint density at radius 3 is 1.96 bits per heavy atom. The van der Waals surface area contributed by atoms with Crippen molar-refractivity contribution in [1.82, 2.24) is 4.90 Å². The van der Waals surface area contributed by atoms with Crippen LogP contribution in [0.3, 0.4) is 0 Å². The lowest BCUT2D eigenvalue weighted by atomic mass is 9.88. The van der Waals surface area contributed by atoms with E-state index in [1.165, 1.54) is 49.2 Å². The molecule has 1 aliphatic rings. The molecule has 2 aromatic carbocycles. The van der Waals surface area contributed by atoms with Gasteiger partial charge in [-0.15, -0.1) is 6.42 Å². The molecule has 148 valence electrons. The van der Waals surface area contributed by atoms with E-state index < -0.39 is 0 Å². The van der Waals surface area contributed by atoms with Gasteiger partial charge in [0, 0.05) is 13.1 Å². The zero-order valence-corrected chi connectivity index (χ0v) is 16.2. The smallest absolute Gasteiger partial charge is 0.146 e. The van der Waals surface area contributed by atoms with Gasteiger partial charge in [0.1, 0.15) is 6.61 Å². The van der Waals surface area contributed by atoms with E-state index in [0.717, 1.165) is 0 Å². The van der Waals surface area contributed by atoms with E-state index in [9.17, 15) is 0 Å². The Balaban J connectivity index is 0.000000345. The third kappa shape index (κ3) is 6.93. The van der Waals surface area contributed by atoms with Crippen molar-refractivity contribution in [3.05, 3.63) is 77.4 Å². The summed E-state index contributed by atoms with van der Waals surface area (Å²) in [5.41, 5.74) is 5.76. The lowest BCUT2D eigenvalue weighted by Gasteiger charge is -2.29. The predicted molar refractivity (Wildman–Crippen MR) is 110 cm³/mol. The van der Waals surface area contributed by atoms with Gasteiger partial charge in [0.15, 0.2) is 0 Å². The SMILES string of the molecule is C#CCOOOO.CCN1CCC(=C(c2ccccc2)c2ccccc2)CC1. The average Bonchev–Trinajstić information content (AvgIpc) is 2.77. The van der Waals surface area contributed by atoms with Gasteiger partial charge in [-0.2, -0.15) is 4.89 Å². The topological polar surface area (TPSA) is 51.2 Å². The van der Waals surface area contributed by atoms with Crippen LogP contribution in [0.2, 0.25) is 0 Å². The van der Waals surface area contributed by atoms with Crippen LogP contribution in [0.1, 0.15) is 30.9 Å². The first-order chi connectivity index (χ1) is 13.8. The van der Waals surface area contributed by atoms with Crippen molar-refractivity contribution in [3.8, 4) is 12.3 Å². The molecule has 0 radical (unpaired) electrons. The van der Waals surface area contributed by atoms with Crippen LogP contribution in [0.15, 0.2) is 66.2 Å². The minimum Gasteiger partial charge on any atom is -0.303 e. The van der Waals surface area contributed by atoms with Crippen molar-refractivity contribution in [1.29, 1.82) is 0 Å². The summed E-state index contributed by atoms with van der Waals surface area (Å²) in [6.45, 7) is 5.74. The quantitative estimate of drug-likeness (QED) is 0.344. The highest BCUT2D eigenvalue weighted by molar-refractivity contribution is 5.82. The van der Waals surface area contributed by atoms with Gasteiger partial charge in [0.25, 0.3) is 0 Å². The summed E-state index contributed by atoms with van der Waals surface area (Å²) in [4.78, 5) is 6.46. The Labute approximate surface area is 166 Å². The van der Waals surface area contributed by atoms with Gasteiger partial charge >= 0.3 is 0 Å². The second-order valence-electron chi connectivity index (χ2n) is 6.25. The molecule has 0 unspecified atom stereocenters. The highest BCUT2D eigenvalue weighted by Crippen LogP contribution is 2.32. The van der Waals surface area contributed by atoms with Crippen molar-refractivity contribution in [3.63, 3.8) is 0 Å². The number of piperidine rings is 1. The van der Waals surface area contributed by atoms with Crippen LogP contribution in [0.5, 0.6) is 0 Å². The van der Waals surface area contributed by atoms with E-state index >= 15 is 0 Å². The third-order valence-corrected chi connectivity index (χ3v) is 4.61. The fourth-order valence-corrected chi connectivity index (χ4v) is 3.25. The van der Waals surface area contributed by atoms with Gasteiger partial charge in [0.05, 0.1) is 0 Å². The average molecular weight is 381 g/mol. The van der Waals surface area contributed by atoms with E-state index in [1.807, 2.05) is 0 Å². The highest BCUT2D eigenvalue weighted by atomic mass is 17.6. The summed E-state index contributed by atoms with van der Waals surface area (Å²) in [5, 5.41) is 13.9. The Kier molecular flexibility index (Phi) is 10.0. The predicted octanol–water partition coefficient (Wildman–Crippen LogP) is 4.58. The van der Waals surface area contributed by atoms with E-state index in [0.29, 0.717) is 0 Å². The molecule has 1 N–H and O–H groups in total. The second-order valence-corrected chi connectivity index (χ2v) is 6.25. The fraction of sp³-hybridized carbons (Fsp3) is 0.304. The van der Waals surface area contributed by atoms with Crippen LogP contribution in [0, 0.1) is 12.3 Å². The molecule has 1 saturated heterocycles. The molecule has 5 heteroatoms. The van der Waals surface area contributed by atoms with Gasteiger partial charge in [0.2, 0.25) is 0 Å². The van der Waals surface area contributed by atoms with Crippen LogP contribution in [-0.4, -0.2) is 36.4 Å². The van der Waals surface area contributed by atoms with Crippen LogP contribution in [0.25, 0.3) is 5.57 Å². The zero-order valence-electron chi connectivity index (χ0n) is 16.2. The minimum atomic E-state index is -0.0550. The van der Waals surface area contributed by atoms with Gasteiger partial charge in [-0.05, 0) is 46.2 Å².